The SMILES string of the molecule is CCOC(=O)c1[nH]ccc1N.F. The van der Waals surface area contributed by atoms with Gasteiger partial charge in [-0.1, -0.05) is 0 Å². The van der Waals surface area contributed by atoms with Crippen molar-refractivity contribution in [3.8, 4) is 0 Å². The van der Waals surface area contributed by atoms with E-state index >= 15 is 0 Å². The highest BCUT2D eigenvalue weighted by Crippen LogP contribution is 2.08. The molecular formula is C7H11FN2O2. The number of nitrogens with two attached hydrogens (primary N) is 1. The van der Waals surface area contributed by atoms with Crippen LogP contribution in [0.5, 0.6) is 0 Å². The van der Waals surface area contributed by atoms with Crippen molar-refractivity contribution in [2.75, 3.05) is 12.3 Å². The Balaban J connectivity index is 0.00000121. The number of hydrogen-bond donors (Lipinski definition) is 2. The highest BCUT2D eigenvalue weighted by Gasteiger charge is 2.10. The van der Waals surface area contributed by atoms with Gasteiger partial charge in [-0.15, -0.1) is 0 Å². The molecule has 1 heterocycles. The van der Waals surface area contributed by atoms with Gasteiger partial charge in [0, 0.05) is 6.20 Å². The summed E-state index contributed by atoms with van der Waals surface area (Å²) in [5.41, 5.74) is 6.19. The van der Waals surface area contributed by atoms with Gasteiger partial charge in [-0.25, -0.2) is 4.79 Å². The lowest BCUT2D eigenvalue weighted by Crippen LogP contribution is -2.07. The molecule has 0 saturated heterocycles. The molecule has 0 radical (unpaired) electrons. The lowest BCUT2D eigenvalue weighted by Gasteiger charge is -1.98. The standard InChI is InChI=1S/C7H10N2O2.FH/c1-2-11-7(10)6-5(8)3-4-9-6;/h3-4,9H,2,8H2,1H3;1H. The number of carbonyl (C=O) groups excluding carboxylic acids is 1. The highest BCUT2D eigenvalue weighted by atomic mass is 19.0. The first-order valence-electron chi connectivity index (χ1n) is 3.35. The second-order valence-electron chi connectivity index (χ2n) is 2.03. The van der Waals surface area contributed by atoms with Crippen LogP contribution in [0.3, 0.4) is 0 Å². The number of esters is 1. The van der Waals surface area contributed by atoms with E-state index in [4.69, 9.17) is 10.5 Å². The minimum atomic E-state index is -0.407. The second kappa shape index (κ2) is 4.38. The van der Waals surface area contributed by atoms with Gasteiger partial charge in [0.05, 0.1) is 12.3 Å². The van der Waals surface area contributed by atoms with Crippen LogP contribution >= 0.6 is 0 Å². The number of carbonyl (C=O) groups is 1. The summed E-state index contributed by atoms with van der Waals surface area (Å²) >= 11 is 0. The van der Waals surface area contributed by atoms with Crippen molar-refractivity contribution >= 4 is 11.7 Å². The highest BCUT2D eigenvalue weighted by molar-refractivity contribution is 5.92. The van der Waals surface area contributed by atoms with Crippen LogP contribution in [0.15, 0.2) is 12.3 Å². The van der Waals surface area contributed by atoms with E-state index in [0.29, 0.717) is 18.0 Å². The molecule has 0 bridgehead atoms. The molecule has 5 heteroatoms. The number of nitrogens with one attached hydrogen (secondary N) is 1. The summed E-state index contributed by atoms with van der Waals surface area (Å²) in [5.74, 6) is -0.407. The van der Waals surface area contributed by atoms with Gasteiger partial charge in [-0.3, -0.25) is 4.70 Å². The van der Waals surface area contributed by atoms with E-state index in [1.165, 1.54) is 0 Å². The zero-order chi connectivity index (χ0) is 8.27. The van der Waals surface area contributed by atoms with Crippen LogP contribution in [-0.2, 0) is 4.74 Å². The molecule has 0 fully saturated rings. The van der Waals surface area contributed by atoms with Gasteiger partial charge < -0.3 is 15.5 Å². The summed E-state index contributed by atoms with van der Waals surface area (Å²) in [4.78, 5) is 13.7. The third-order valence-corrected chi connectivity index (χ3v) is 1.26. The van der Waals surface area contributed by atoms with Crippen LogP contribution in [0.1, 0.15) is 17.4 Å². The smallest absolute Gasteiger partial charge is 0.356 e. The van der Waals surface area contributed by atoms with Gasteiger partial charge in [0.2, 0.25) is 0 Å². The summed E-state index contributed by atoms with van der Waals surface area (Å²) in [6, 6.07) is 1.62. The van der Waals surface area contributed by atoms with Gasteiger partial charge in [0.25, 0.3) is 0 Å². The predicted molar refractivity (Wildman–Crippen MR) is 43.7 cm³/mol. The van der Waals surface area contributed by atoms with Crippen LogP contribution in [0, 0.1) is 0 Å². The molecule has 4 nitrogen and oxygen atoms in total. The molecule has 0 spiro atoms. The predicted octanol–water partition coefficient (Wildman–Crippen LogP) is 0.926. The molecule has 0 aliphatic rings. The molecule has 0 aromatic carbocycles. The van der Waals surface area contributed by atoms with Gasteiger partial charge in [0.15, 0.2) is 0 Å². The fourth-order valence-corrected chi connectivity index (χ4v) is 0.761. The quantitative estimate of drug-likeness (QED) is 0.655. The molecular weight excluding hydrogens is 163 g/mol. The van der Waals surface area contributed by atoms with Gasteiger partial charge in [0.1, 0.15) is 5.69 Å². The minimum absolute atomic E-state index is 0. The average Bonchev–Trinajstić information content (AvgIpc) is 2.36. The number of H-pyrrole nitrogens is 1. The van der Waals surface area contributed by atoms with Crippen LogP contribution in [0.2, 0.25) is 0 Å². The van der Waals surface area contributed by atoms with Crippen molar-refractivity contribution in [2.24, 2.45) is 0 Å². The Kier molecular flexibility index (Phi) is 3.82. The van der Waals surface area contributed by atoms with Crippen molar-refractivity contribution in [2.45, 2.75) is 6.92 Å². The maximum Gasteiger partial charge on any atom is 0.356 e. The molecule has 1 aromatic heterocycles. The molecule has 0 amide bonds. The lowest BCUT2D eigenvalue weighted by molar-refractivity contribution is 0.0521. The minimum Gasteiger partial charge on any atom is -0.461 e. The molecule has 3 N–H and O–H groups in total. The third kappa shape index (κ3) is 1.98. The van der Waals surface area contributed by atoms with Crippen LogP contribution in [-0.4, -0.2) is 17.6 Å². The number of halogens is 1. The number of nitrogen functional groups attached to an aromatic ring is 1. The molecule has 1 aromatic rings. The summed E-state index contributed by atoms with van der Waals surface area (Å²) < 4.78 is 4.72. The van der Waals surface area contributed by atoms with Gasteiger partial charge in [-0.2, -0.15) is 0 Å². The number of aromatic amines is 1. The van der Waals surface area contributed by atoms with Gasteiger partial charge in [-0.05, 0) is 13.0 Å². The summed E-state index contributed by atoms with van der Waals surface area (Å²) in [5, 5.41) is 0. The molecule has 0 aliphatic heterocycles. The average molecular weight is 174 g/mol. The summed E-state index contributed by atoms with van der Waals surface area (Å²) in [7, 11) is 0. The van der Waals surface area contributed by atoms with E-state index in [0.717, 1.165) is 0 Å². The fourth-order valence-electron chi connectivity index (χ4n) is 0.761. The van der Waals surface area contributed by atoms with Crippen molar-refractivity contribution < 1.29 is 14.2 Å². The fraction of sp³-hybridized carbons (Fsp3) is 0.286. The van der Waals surface area contributed by atoms with E-state index in [9.17, 15) is 4.79 Å². The first-order chi connectivity index (χ1) is 5.25. The Morgan fingerprint density at radius 1 is 1.75 bits per heavy atom. The van der Waals surface area contributed by atoms with Crippen LogP contribution in [0.4, 0.5) is 10.4 Å². The molecule has 68 valence electrons. The largest absolute Gasteiger partial charge is 0.461 e. The number of anilines is 1. The summed E-state index contributed by atoms with van der Waals surface area (Å²) in [6.45, 7) is 2.11. The lowest BCUT2D eigenvalue weighted by atomic mass is 10.4. The first kappa shape index (κ1) is 10.5. The Morgan fingerprint density at radius 3 is 2.83 bits per heavy atom. The molecule has 12 heavy (non-hydrogen) atoms. The maximum atomic E-state index is 11.0. The number of aromatic nitrogens is 1. The van der Waals surface area contributed by atoms with Crippen LogP contribution < -0.4 is 5.73 Å². The zero-order valence-corrected chi connectivity index (χ0v) is 6.66. The summed E-state index contributed by atoms with van der Waals surface area (Å²) in [6.07, 6.45) is 1.60. The Labute approximate surface area is 69.1 Å². The van der Waals surface area contributed by atoms with E-state index in [-0.39, 0.29) is 4.70 Å². The number of ether oxygens (including phenoxy) is 1. The molecule has 0 atom stereocenters. The molecule has 0 saturated carbocycles. The Hall–Kier alpha value is -1.52. The molecule has 0 aliphatic carbocycles. The van der Waals surface area contributed by atoms with E-state index < -0.39 is 5.97 Å². The van der Waals surface area contributed by atoms with Crippen molar-refractivity contribution in [3.63, 3.8) is 0 Å². The van der Waals surface area contributed by atoms with Crippen LogP contribution in [0.25, 0.3) is 0 Å². The topological polar surface area (TPSA) is 68.1 Å². The normalized spacial score (nSPS) is 8.75. The number of hydrogen-bond acceptors (Lipinski definition) is 3. The van der Waals surface area contributed by atoms with E-state index in [1.54, 1.807) is 19.2 Å². The Bertz CT molecular complexity index is 260. The number of rotatable bonds is 2. The maximum absolute atomic E-state index is 11.0. The third-order valence-electron chi connectivity index (χ3n) is 1.26. The molecule has 0 unspecified atom stereocenters. The van der Waals surface area contributed by atoms with E-state index in [1.807, 2.05) is 0 Å². The van der Waals surface area contributed by atoms with E-state index in [2.05, 4.69) is 4.98 Å². The van der Waals surface area contributed by atoms with Crippen molar-refractivity contribution in [1.82, 2.24) is 4.98 Å². The monoisotopic (exact) mass is 174 g/mol. The van der Waals surface area contributed by atoms with Crippen molar-refractivity contribution in [1.29, 1.82) is 0 Å². The second-order valence-corrected chi connectivity index (χ2v) is 2.03. The first-order valence-corrected chi connectivity index (χ1v) is 3.35. The van der Waals surface area contributed by atoms with Crippen molar-refractivity contribution in [3.05, 3.63) is 18.0 Å². The molecule has 1 rings (SSSR count). The Morgan fingerprint density at radius 2 is 2.42 bits per heavy atom. The van der Waals surface area contributed by atoms with Gasteiger partial charge >= 0.3 is 5.97 Å². The zero-order valence-electron chi connectivity index (χ0n) is 6.66.